The summed E-state index contributed by atoms with van der Waals surface area (Å²) in [7, 11) is 0. The number of ketones is 1. The van der Waals surface area contributed by atoms with Gasteiger partial charge in [-0.15, -0.1) is 0 Å². The van der Waals surface area contributed by atoms with Gasteiger partial charge >= 0.3 is 0 Å². The number of nitrogens with two attached hydrogens (primary N) is 1. The maximum Gasteiger partial charge on any atom is 0.245 e. The Morgan fingerprint density at radius 1 is 1.21 bits per heavy atom. The number of amides is 1. The Bertz CT molecular complexity index is 1390. The fraction of sp³-hybridized carbons (Fsp3) is 0.240. The number of nitriles is 1. The molecule has 6 nitrogen and oxygen atoms in total. The van der Waals surface area contributed by atoms with Crippen LogP contribution < -0.4 is 16.0 Å². The van der Waals surface area contributed by atoms with Gasteiger partial charge in [0, 0.05) is 32.7 Å². The average Bonchev–Trinajstić information content (AvgIpc) is 3.05. The Morgan fingerprint density at radius 2 is 1.97 bits per heavy atom. The molecule has 3 aliphatic rings. The van der Waals surface area contributed by atoms with Crippen LogP contribution in [0.3, 0.4) is 0 Å². The predicted octanol–water partition coefficient (Wildman–Crippen LogP) is 5.13. The number of halogens is 2. The van der Waals surface area contributed by atoms with Crippen molar-refractivity contribution in [2.45, 2.75) is 38.5 Å². The molecule has 8 heteroatoms. The number of benzene rings is 2. The van der Waals surface area contributed by atoms with E-state index in [1.54, 1.807) is 24.0 Å². The molecule has 1 amide bonds. The Kier molecular flexibility index (Phi) is 4.93. The van der Waals surface area contributed by atoms with E-state index < -0.39 is 11.3 Å². The Hall–Kier alpha value is -3.08. The minimum atomic E-state index is -1.59. The van der Waals surface area contributed by atoms with E-state index in [2.05, 4.69) is 27.3 Å². The van der Waals surface area contributed by atoms with E-state index in [0.717, 1.165) is 15.7 Å². The molecule has 2 aromatic rings. The van der Waals surface area contributed by atoms with Crippen molar-refractivity contribution in [3.05, 3.63) is 79.2 Å². The highest BCUT2D eigenvalue weighted by Crippen LogP contribution is 2.56. The topological polar surface area (TPSA) is 99.2 Å². The zero-order valence-corrected chi connectivity index (χ0v) is 20.4. The molecule has 1 unspecified atom stereocenters. The van der Waals surface area contributed by atoms with Crippen LogP contribution in [0.2, 0.25) is 5.02 Å². The lowest BCUT2D eigenvalue weighted by Crippen LogP contribution is -2.50. The summed E-state index contributed by atoms with van der Waals surface area (Å²) >= 11 is 9.80. The lowest BCUT2D eigenvalue weighted by Gasteiger charge is -2.44. The molecule has 0 saturated heterocycles. The number of carbonyl (C=O) groups is 2. The largest absolute Gasteiger partial charge is 0.384 e. The SMILES string of the molecule is Cc1cc(Br)ccc1N1C(N)=C(C#N)C2(C(=O)Nc3c2ccc(Cl)c3C)C2=C1CCCC2=O. The van der Waals surface area contributed by atoms with Gasteiger partial charge in [0.05, 0.1) is 16.9 Å². The van der Waals surface area contributed by atoms with Gasteiger partial charge in [0.15, 0.2) is 5.78 Å². The molecule has 5 rings (SSSR count). The molecule has 166 valence electrons. The number of carbonyl (C=O) groups excluding carboxylic acids is 2. The van der Waals surface area contributed by atoms with Crippen molar-refractivity contribution in [2.75, 3.05) is 10.2 Å². The summed E-state index contributed by atoms with van der Waals surface area (Å²) in [6.45, 7) is 3.75. The summed E-state index contributed by atoms with van der Waals surface area (Å²) < 4.78 is 0.908. The second-order valence-electron chi connectivity index (χ2n) is 8.54. The van der Waals surface area contributed by atoms with Crippen molar-refractivity contribution in [2.24, 2.45) is 5.73 Å². The molecule has 1 spiro atoms. The summed E-state index contributed by atoms with van der Waals surface area (Å²) in [5.41, 5.74) is 9.61. The summed E-state index contributed by atoms with van der Waals surface area (Å²) in [5, 5.41) is 13.7. The lowest BCUT2D eigenvalue weighted by molar-refractivity contribution is -0.122. The summed E-state index contributed by atoms with van der Waals surface area (Å²) in [4.78, 5) is 29.0. The van der Waals surface area contributed by atoms with Crippen LogP contribution in [0, 0.1) is 25.2 Å². The standard InChI is InChI=1S/C25H20BrClN4O2/c1-12-10-14(26)6-9-18(12)31-19-4-3-5-20(32)21(19)25(16(11-28)23(31)29)15-7-8-17(27)13(2)22(15)30-24(25)33/h6-10H,3-5,29H2,1-2H3,(H,30,33). The highest BCUT2D eigenvalue weighted by Gasteiger charge is 2.60. The number of Topliss-reactive ketones (excluding diaryl/α,β-unsaturated/α-hetero) is 1. The monoisotopic (exact) mass is 522 g/mol. The van der Waals surface area contributed by atoms with Gasteiger partial charge < -0.3 is 11.1 Å². The molecule has 1 aliphatic carbocycles. The van der Waals surface area contributed by atoms with Gasteiger partial charge in [0.2, 0.25) is 5.91 Å². The number of hydrogen-bond acceptors (Lipinski definition) is 5. The molecule has 3 N–H and O–H groups in total. The van der Waals surface area contributed by atoms with Gasteiger partial charge in [0.25, 0.3) is 0 Å². The molecule has 0 saturated carbocycles. The molecule has 33 heavy (non-hydrogen) atoms. The summed E-state index contributed by atoms with van der Waals surface area (Å²) in [6.07, 6.45) is 1.51. The number of allylic oxidation sites excluding steroid dienone is 1. The fourth-order valence-electron chi connectivity index (χ4n) is 5.32. The Morgan fingerprint density at radius 3 is 2.67 bits per heavy atom. The number of anilines is 2. The molecule has 2 aromatic carbocycles. The maximum absolute atomic E-state index is 13.7. The minimum Gasteiger partial charge on any atom is -0.384 e. The van der Waals surface area contributed by atoms with Crippen molar-refractivity contribution in [1.82, 2.24) is 0 Å². The first-order valence-electron chi connectivity index (χ1n) is 10.6. The van der Waals surface area contributed by atoms with Gasteiger partial charge in [-0.3, -0.25) is 14.5 Å². The number of nitrogens with zero attached hydrogens (tertiary/aromatic N) is 2. The number of rotatable bonds is 1. The van der Waals surface area contributed by atoms with Crippen LogP contribution in [0.4, 0.5) is 11.4 Å². The second kappa shape index (κ2) is 7.47. The summed E-state index contributed by atoms with van der Waals surface area (Å²) in [5.74, 6) is -0.434. The quantitative estimate of drug-likeness (QED) is 0.540. The molecule has 0 aromatic heterocycles. The van der Waals surface area contributed by atoms with Crippen molar-refractivity contribution in [3.8, 4) is 6.07 Å². The third kappa shape index (κ3) is 2.77. The van der Waals surface area contributed by atoms with Crippen molar-refractivity contribution >= 4 is 50.6 Å². The van der Waals surface area contributed by atoms with Gasteiger partial charge in [-0.2, -0.15) is 5.26 Å². The zero-order chi connectivity index (χ0) is 23.7. The van der Waals surface area contributed by atoms with Gasteiger partial charge in [-0.25, -0.2) is 0 Å². The van der Waals surface area contributed by atoms with Crippen molar-refractivity contribution in [1.29, 1.82) is 5.26 Å². The Balaban J connectivity index is 1.90. The van der Waals surface area contributed by atoms with Crippen molar-refractivity contribution in [3.63, 3.8) is 0 Å². The van der Waals surface area contributed by atoms with E-state index in [4.69, 9.17) is 17.3 Å². The first kappa shape index (κ1) is 21.7. The van der Waals surface area contributed by atoms with E-state index in [0.29, 0.717) is 52.4 Å². The normalized spacial score (nSPS) is 21.8. The maximum atomic E-state index is 13.7. The molecule has 0 radical (unpaired) electrons. The highest BCUT2D eigenvalue weighted by molar-refractivity contribution is 9.10. The van der Waals surface area contributed by atoms with Crippen LogP contribution in [0.5, 0.6) is 0 Å². The molecule has 0 bridgehead atoms. The Labute approximate surface area is 204 Å². The van der Waals surface area contributed by atoms with Crippen molar-refractivity contribution < 1.29 is 9.59 Å². The predicted molar refractivity (Wildman–Crippen MR) is 131 cm³/mol. The second-order valence-corrected chi connectivity index (χ2v) is 9.86. The molecule has 2 aliphatic heterocycles. The van der Waals surface area contributed by atoms with Crippen LogP contribution in [0.15, 0.2) is 57.5 Å². The van der Waals surface area contributed by atoms with E-state index in [1.807, 2.05) is 25.1 Å². The van der Waals surface area contributed by atoms with Gasteiger partial charge in [-0.1, -0.05) is 33.6 Å². The number of fused-ring (bicyclic) bond motifs is 3. The van der Waals surface area contributed by atoms with E-state index >= 15 is 0 Å². The number of nitrogens with one attached hydrogen (secondary N) is 1. The van der Waals surface area contributed by atoms with E-state index in [9.17, 15) is 14.9 Å². The van der Waals surface area contributed by atoms with E-state index in [1.165, 1.54) is 0 Å². The van der Waals surface area contributed by atoms with Gasteiger partial charge in [-0.05, 0) is 62.1 Å². The minimum absolute atomic E-state index is 0.0526. The smallest absolute Gasteiger partial charge is 0.245 e. The lowest BCUT2D eigenvalue weighted by atomic mass is 9.63. The van der Waals surface area contributed by atoms with Crippen LogP contribution in [-0.2, 0) is 15.0 Å². The molecule has 2 heterocycles. The summed E-state index contributed by atoms with van der Waals surface area (Å²) in [6, 6.07) is 11.4. The first-order valence-corrected chi connectivity index (χ1v) is 11.7. The van der Waals surface area contributed by atoms with Crippen LogP contribution in [0.1, 0.15) is 36.0 Å². The van der Waals surface area contributed by atoms with Crippen LogP contribution >= 0.6 is 27.5 Å². The van der Waals surface area contributed by atoms with E-state index in [-0.39, 0.29) is 17.2 Å². The van der Waals surface area contributed by atoms with Crippen LogP contribution in [0.25, 0.3) is 0 Å². The third-order valence-electron chi connectivity index (χ3n) is 6.80. The van der Waals surface area contributed by atoms with Crippen LogP contribution in [-0.4, -0.2) is 11.7 Å². The first-order chi connectivity index (χ1) is 15.7. The average molecular weight is 524 g/mol. The highest BCUT2D eigenvalue weighted by atomic mass is 79.9. The molecular weight excluding hydrogens is 504 g/mol. The molecular formula is C25H20BrClN4O2. The fourth-order valence-corrected chi connectivity index (χ4v) is 5.96. The third-order valence-corrected chi connectivity index (χ3v) is 7.70. The number of aryl methyl sites for hydroxylation is 1. The number of hydrogen-bond donors (Lipinski definition) is 2. The molecule has 1 atom stereocenters. The molecule has 0 fully saturated rings. The van der Waals surface area contributed by atoms with Gasteiger partial charge in [0.1, 0.15) is 17.3 Å². The zero-order valence-electron chi connectivity index (χ0n) is 18.1.